The molecule has 1 aromatic heterocycles. The molecule has 0 spiro atoms. The molecular weight excluding hydrogens is 419 g/mol. The second kappa shape index (κ2) is 8.69. The van der Waals surface area contributed by atoms with Crippen molar-refractivity contribution < 1.29 is 14.3 Å². The molecule has 6 rings (SSSR count). The van der Waals surface area contributed by atoms with Crippen LogP contribution in [0, 0.1) is 0 Å². The van der Waals surface area contributed by atoms with Gasteiger partial charge >= 0.3 is 0 Å². The fourth-order valence-corrected chi connectivity index (χ4v) is 5.85. The van der Waals surface area contributed by atoms with Gasteiger partial charge < -0.3 is 21.1 Å². The molecule has 176 valence electrons. The first kappa shape index (κ1) is 22.3. The lowest BCUT2D eigenvalue weighted by molar-refractivity contribution is -0.0702. The number of likely N-dealkylation sites (tertiary alicyclic amines) is 1. The number of amides is 1. The van der Waals surface area contributed by atoms with E-state index in [1.807, 2.05) is 6.07 Å². The minimum atomic E-state index is -0.539. The summed E-state index contributed by atoms with van der Waals surface area (Å²) in [4.78, 5) is 19.6. The summed E-state index contributed by atoms with van der Waals surface area (Å²) in [5.41, 5.74) is 8.80. The van der Waals surface area contributed by atoms with E-state index < -0.39 is 5.60 Å². The predicted molar refractivity (Wildman–Crippen MR) is 127 cm³/mol. The minimum Gasteiger partial charge on any atom is -0.390 e. The highest BCUT2D eigenvalue weighted by Gasteiger charge is 2.48. The summed E-state index contributed by atoms with van der Waals surface area (Å²) in [5.74, 6) is 0.468. The fourth-order valence-electron chi connectivity index (χ4n) is 5.85. The monoisotopic (exact) mass is 452 g/mol. The lowest BCUT2D eigenvalue weighted by Gasteiger charge is -2.51. The molecule has 0 radical (unpaired) electrons. The highest BCUT2D eigenvalue weighted by molar-refractivity contribution is 5.99. The Balaban J connectivity index is 1.30. The lowest BCUT2D eigenvalue weighted by atomic mass is 9.63. The summed E-state index contributed by atoms with van der Waals surface area (Å²) < 4.78 is 12.6. The summed E-state index contributed by atoms with van der Waals surface area (Å²) in [6.07, 6.45) is 7.36. The van der Waals surface area contributed by atoms with Crippen molar-refractivity contribution in [3.05, 3.63) is 47.7 Å². The zero-order chi connectivity index (χ0) is 23.1. The van der Waals surface area contributed by atoms with Gasteiger partial charge in [-0.25, -0.2) is 9.37 Å². The Morgan fingerprint density at radius 2 is 1.85 bits per heavy atom. The number of nitrogens with two attached hydrogens (primary N) is 1. The number of carbonyl (C=O) groups is 1. The summed E-state index contributed by atoms with van der Waals surface area (Å²) in [7, 11) is 0. The first-order chi connectivity index (χ1) is 15.9. The first-order valence-electron chi connectivity index (χ1n) is 12.1. The van der Waals surface area contributed by atoms with E-state index in [9.17, 15) is 14.3 Å². The Labute approximate surface area is 194 Å². The Morgan fingerprint density at radius 3 is 2.52 bits per heavy atom. The third-order valence-electron chi connectivity index (χ3n) is 8.14. The quantitative estimate of drug-likeness (QED) is 0.622. The van der Waals surface area contributed by atoms with Gasteiger partial charge in [-0.15, -0.1) is 0 Å². The number of halogens is 1. The van der Waals surface area contributed by atoms with Crippen molar-refractivity contribution in [1.82, 2.24) is 15.2 Å². The zero-order valence-corrected chi connectivity index (χ0v) is 19.0. The average Bonchev–Trinajstić information content (AvgIpc) is 3.29. The largest absolute Gasteiger partial charge is 0.390 e. The Morgan fingerprint density at radius 1 is 1.15 bits per heavy atom. The number of fused-ring (bicyclic) bond motifs is 3. The number of rotatable bonds is 6. The molecule has 1 amide bonds. The normalized spacial score (nSPS) is 29.3. The molecule has 6 nitrogen and oxygen atoms in total. The van der Waals surface area contributed by atoms with Gasteiger partial charge in [-0.1, -0.05) is 24.3 Å². The van der Waals surface area contributed by atoms with Crippen LogP contribution in [0.2, 0.25) is 0 Å². The number of hydrogen-bond donors (Lipinski definition) is 3. The lowest BCUT2D eigenvalue weighted by Crippen LogP contribution is -2.58. The van der Waals surface area contributed by atoms with Gasteiger partial charge in [0.2, 0.25) is 0 Å². The van der Waals surface area contributed by atoms with E-state index >= 15 is 0 Å². The van der Waals surface area contributed by atoms with Gasteiger partial charge in [-0.2, -0.15) is 0 Å². The Kier molecular flexibility index (Phi) is 5.87. The summed E-state index contributed by atoms with van der Waals surface area (Å²) in [5, 5.41) is 13.7. The molecule has 7 heteroatoms. The van der Waals surface area contributed by atoms with Gasteiger partial charge in [0, 0.05) is 30.4 Å². The van der Waals surface area contributed by atoms with E-state index in [0.717, 1.165) is 69.2 Å². The summed E-state index contributed by atoms with van der Waals surface area (Å²) in [6, 6.07) is 10.2. The number of alkyl halides is 1. The van der Waals surface area contributed by atoms with Crippen LogP contribution < -0.4 is 11.1 Å². The maximum Gasteiger partial charge on any atom is 0.255 e. The molecule has 3 saturated carbocycles. The third-order valence-corrected chi connectivity index (χ3v) is 8.14. The van der Waals surface area contributed by atoms with E-state index in [1.165, 1.54) is 5.56 Å². The topological polar surface area (TPSA) is 91.5 Å². The molecule has 1 aliphatic heterocycles. The minimum absolute atomic E-state index is 0.190. The van der Waals surface area contributed by atoms with Crippen LogP contribution in [0.4, 0.5) is 10.2 Å². The van der Waals surface area contributed by atoms with Crippen LogP contribution in [0.3, 0.4) is 0 Å². The first-order valence-corrected chi connectivity index (χ1v) is 12.1. The molecule has 33 heavy (non-hydrogen) atoms. The molecule has 4 fully saturated rings. The number of pyridine rings is 1. The van der Waals surface area contributed by atoms with Crippen molar-refractivity contribution >= 4 is 11.7 Å². The SMILES string of the molecule is Nc1ncc(-c2ccc([C@H]3CCN(CCF)C3)cc2)cc1C(=O)NC12CCC(O)(CC1)CC2. The van der Waals surface area contributed by atoms with Crippen molar-refractivity contribution in [2.24, 2.45) is 0 Å². The number of aromatic nitrogens is 1. The highest BCUT2D eigenvalue weighted by Crippen LogP contribution is 2.46. The van der Waals surface area contributed by atoms with E-state index in [2.05, 4.69) is 39.5 Å². The van der Waals surface area contributed by atoms with E-state index in [1.54, 1.807) is 6.20 Å². The molecule has 1 atom stereocenters. The number of anilines is 1. The molecule has 3 aliphatic carbocycles. The van der Waals surface area contributed by atoms with Crippen molar-refractivity contribution in [2.45, 2.75) is 62.0 Å². The number of carbonyl (C=O) groups excluding carboxylic acids is 1. The van der Waals surface area contributed by atoms with Gasteiger partial charge in [0.25, 0.3) is 5.91 Å². The maximum atomic E-state index is 13.2. The Bertz CT molecular complexity index is 1000. The molecule has 4 aliphatic rings. The van der Waals surface area contributed by atoms with Crippen molar-refractivity contribution in [3.63, 3.8) is 0 Å². The average molecular weight is 453 g/mol. The van der Waals surface area contributed by atoms with E-state index in [0.29, 0.717) is 18.0 Å². The van der Waals surface area contributed by atoms with Crippen molar-refractivity contribution in [2.75, 3.05) is 32.0 Å². The standard InChI is InChI=1S/C26H33FN4O2/c27-12-14-31-13-5-20(17-31)18-1-3-19(4-2-18)21-15-22(23(28)29-16-21)24(32)30-25-6-9-26(33,10-7-25)11-8-25/h1-4,15-16,20,33H,5-14,17H2,(H2,28,29)(H,30,32)/t20-,25?,26?/m0/s1. The van der Waals surface area contributed by atoms with Crippen molar-refractivity contribution in [3.8, 4) is 11.1 Å². The number of aliphatic hydroxyl groups is 1. The van der Waals surface area contributed by atoms with Crippen molar-refractivity contribution in [1.29, 1.82) is 0 Å². The van der Waals surface area contributed by atoms with Crippen LogP contribution in [0.5, 0.6) is 0 Å². The second-order valence-electron chi connectivity index (χ2n) is 10.2. The maximum absolute atomic E-state index is 13.2. The number of nitrogens with zero attached hydrogens (tertiary/aromatic N) is 2. The van der Waals surface area contributed by atoms with Crippen LogP contribution in [-0.4, -0.2) is 58.3 Å². The van der Waals surface area contributed by atoms with Crippen LogP contribution in [-0.2, 0) is 0 Å². The van der Waals surface area contributed by atoms with Gasteiger partial charge in [0.05, 0.1) is 11.2 Å². The second-order valence-corrected chi connectivity index (χ2v) is 10.2. The fraction of sp³-hybridized carbons (Fsp3) is 0.538. The number of nitrogens with one attached hydrogen (secondary N) is 1. The predicted octanol–water partition coefficient (Wildman–Crippen LogP) is 3.66. The van der Waals surface area contributed by atoms with Gasteiger partial charge in [-0.3, -0.25) is 4.79 Å². The number of benzene rings is 1. The number of hydrogen-bond acceptors (Lipinski definition) is 5. The third kappa shape index (κ3) is 4.49. The van der Waals surface area contributed by atoms with E-state index in [4.69, 9.17) is 5.73 Å². The molecule has 4 N–H and O–H groups in total. The van der Waals surface area contributed by atoms with Gasteiger partial charge in [-0.05, 0) is 74.6 Å². The molecule has 2 heterocycles. The zero-order valence-electron chi connectivity index (χ0n) is 19.0. The highest BCUT2D eigenvalue weighted by atomic mass is 19.1. The summed E-state index contributed by atoms with van der Waals surface area (Å²) in [6.45, 7) is 2.06. The van der Waals surface area contributed by atoms with Gasteiger partial charge in [0.15, 0.2) is 0 Å². The smallest absolute Gasteiger partial charge is 0.255 e. The molecule has 2 bridgehead atoms. The van der Waals surface area contributed by atoms with Crippen LogP contribution >= 0.6 is 0 Å². The molecule has 0 unspecified atom stereocenters. The van der Waals surface area contributed by atoms with E-state index in [-0.39, 0.29) is 23.9 Å². The molecule has 1 saturated heterocycles. The molecule has 2 aromatic rings. The van der Waals surface area contributed by atoms with Crippen LogP contribution in [0.25, 0.3) is 11.1 Å². The number of nitrogen functional groups attached to an aromatic ring is 1. The molecule has 1 aromatic carbocycles. The summed E-state index contributed by atoms with van der Waals surface area (Å²) >= 11 is 0. The Hall–Kier alpha value is -2.51. The molecular formula is C26H33FN4O2. The van der Waals surface area contributed by atoms with Crippen LogP contribution in [0.1, 0.15) is 66.8 Å². The van der Waals surface area contributed by atoms with Gasteiger partial charge in [0.1, 0.15) is 12.5 Å². The van der Waals surface area contributed by atoms with Crippen LogP contribution in [0.15, 0.2) is 36.5 Å².